The molecule has 2 heterocycles. The second-order valence-electron chi connectivity index (χ2n) is 7.42. The van der Waals surface area contributed by atoms with Crippen molar-refractivity contribution < 1.29 is 13.9 Å². The Hall–Kier alpha value is -4.06. The van der Waals surface area contributed by atoms with Gasteiger partial charge in [-0.25, -0.2) is 0 Å². The fourth-order valence-corrected chi connectivity index (χ4v) is 3.46. The number of furan rings is 1. The van der Waals surface area contributed by atoms with E-state index < -0.39 is 0 Å². The number of rotatable bonds is 8. The monoisotopic (exact) mass is 427 g/mol. The SMILES string of the molecule is COc1ccccc1-c1nn(Cc2ccccc2)cc1C=CC(=O)N(C)Cc1ccco1. The molecule has 32 heavy (non-hydrogen) atoms. The molecule has 2 aromatic carbocycles. The molecule has 0 saturated carbocycles. The van der Waals surface area contributed by atoms with E-state index in [-0.39, 0.29) is 5.91 Å². The maximum atomic E-state index is 12.7. The second kappa shape index (κ2) is 9.83. The van der Waals surface area contributed by atoms with Gasteiger partial charge in [-0.15, -0.1) is 0 Å². The molecule has 0 aliphatic rings. The lowest BCUT2D eigenvalue weighted by molar-refractivity contribution is -0.125. The van der Waals surface area contributed by atoms with Crippen LogP contribution in [0, 0.1) is 0 Å². The van der Waals surface area contributed by atoms with Crippen molar-refractivity contribution in [1.82, 2.24) is 14.7 Å². The Labute approximate surface area is 187 Å². The van der Waals surface area contributed by atoms with Crippen LogP contribution in [0.2, 0.25) is 0 Å². The van der Waals surface area contributed by atoms with Crippen LogP contribution in [-0.4, -0.2) is 34.7 Å². The van der Waals surface area contributed by atoms with Crippen molar-refractivity contribution in [2.75, 3.05) is 14.2 Å². The molecule has 0 unspecified atom stereocenters. The van der Waals surface area contributed by atoms with Gasteiger partial charge in [-0.3, -0.25) is 9.48 Å². The highest BCUT2D eigenvalue weighted by Crippen LogP contribution is 2.31. The molecule has 0 fully saturated rings. The van der Waals surface area contributed by atoms with Crippen LogP contribution in [0.25, 0.3) is 17.3 Å². The highest BCUT2D eigenvalue weighted by Gasteiger charge is 2.15. The van der Waals surface area contributed by atoms with Gasteiger partial charge < -0.3 is 14.1 Å². The van der Waals surface area contributed by atoms with Gasteiger partial charge in [0.2, 0.25) is 5.91 Å². The maximum absolute atomic E-state index is 12.7. The summed E-state index contributed by atoms with van der Waals surface area (Å²) in [6, 6.07) is 21.5. The number of para-hydroxylation sites is 1. The fourth-order valence-electron chi connectivity index (χ4n) is 3.46. The van der Waals surface area contributed by atoms with Crippen molar-refractivity contribution in [1.29, 1.82) is 0 Å². The molecule has 0 atom stereocenters. The van der Waals surface area contributed by atoms with E-state index in [1.165, 1.54) is 0 Å². The molecule has 0 bridgehead atoms. The van der Waals surface area contributed by atoms with E-state index in [9.17, 15) is 4.79 Å². The molecule has 1 amide bonds. The van der Waals surface area contributed by atoms with E-state index in [0.717, 1.165) is 33.9 Å². The van der Waals surface area contributed by atoms with Crippen LogP contribution < -0.4 is 4.74 Å². The Morgan fingerprint density at radius 1 is 1.09 bits per heavy atom. The summed E-state index contributed by atoms with van der Waals surface area (Å²) in [6.07, 6.45) is 6.91. The zero-order valence-corrected chi connectivity index (χ0v) is 18.1. The van der Waals surface area contributed by atoms with Gasteiger partial charge in [0.25, 0.3) is 0 Å². The van der Waals surface area contributed by atoms with Crippen molar-refractivity contribution in [3.8, 4) is 17.0 Å². The third kappa shape index (κ3) is 4.98. The standard InChI is InChI=1S/C26H25N3O3/c1-28(19-22-11-8-16-32-22)25(30)15-14-21-18-29(17-20-9-4-3-5-10-20)27-26(21)23-12-6-7-13-24(23)31-2/h3-16,18H,17,19H2,1-2H3. The van der Waals surface area contributed by atoms with Gasteiger partial charge in [0.1, 0.15) is 17.2 Å². The molecule has 0 aliphatic carbocycles. The average Bonchev–Trinajstić information content (AvgIpc) is 3.48. The first-order chi connectivity index (χ1) is 15.6. The second-order valence-corrected chi connectivity index (χ2v) is 7.42. The van der Waals surface area contributed by atoms with Crippen LogP contribution in [0.15, 0.2) is 89.7 Å². The number of carbonyl (C=O) groups excluding carboxylic acids is 1. The maximum Gasteiger partial charge on any atom is 0.246 e. The first-order valence-electron chi connectivity index (χ1n) is 10.3. The van der Waals surface area contributed by atoms with Gasteiger partial charge in [0, 0.05) is 30.4 Å². The van der Waals surface area contributed by atoms with Crippen LogP contribution in [-0.2, 0) is 17.9 Å². The number of nitrogens with zero attached hydrogens (tertiary/aromatic N) is 3. The van der Waals surface area contributed by atoms with E-state index in [1.807, 2.05) is 65.5 Å². The number of benzene rings is 2. The number of hydrogen-bond donors (Lipinski definition) is 0. The zero-order valence-electron chi connectivity index (χ0n) is 18.1. The lowest BCUT2D eigenvalue weighted by Gasteiger charge is -2.12. The molecule has 4 rings (SSSR count). The zero-order chi connectivity index (χ0) is 22.3. The summed E-state index contributed by atoms with van der Waals surface area (Å²) in [5.74, 6) is 1.34. The van der Waals surface area contributed by atoms with Gasteiger partial charge >= 0.3 is 0 Å². The van der Waals surface area contributed by atoms with Gasteiger partial charge in [-0.1, -0.05) is 42.5 Å². The number of aromatic nitrogens is 2. The molecule has 6 heteroatoms. The van der Waals surface area contributed by atoms with Crippen LogP contribution >= 0.6 is 0 Å². The van der Waals surface area contributed by atoms with Crippen molar-refractivity contribution in [3.63, 3.8) is 0 Å². The first-order valence-corrected chi connectivity index (χ1v) is 10.3. The number of ether oxygens (including phenoxy) is 1. The Morgan fingerprint density at radius 3 is 2.62 bits per heavy atom. The van der Waals surface area contributed by atoms with Crippen molar-refractivity contribution in [3.05, 3.63) is 102 Å². The third-order valence-electron chi connectivity index (χ3n) is 5.09. The Kier molecular flexibility index (Phi) is 6.51. The minimum absolute atomic E-state index is 0.122. The van der Waals surface area contributed by atoms with Gasteiger partial charge in [0.15, 0.2) is 0 Å². The molecule has 6 nitrogen and oxygen atoms in total. The lowest BCUT2D eigenvalue weighted by Crippen LogP contribution is -2.23. The first kappa shape index (κ1) is 21.2. The van der Waals surface area contributed by atoms with Crippen LogP contribution in [0.4, 0.5) is 0 Å². The van der Waals surface area contributed by atoms with Crippen LogP contribution in [0.1, 0.15) is 16.9 Å². The summed E-state index contributed by atoms with van der Waals surface area (Å²) in [4.78, 5) is 14.3. The quantitative estimate of drug-likeness (QED) is 0.376. The molecule has 0 spiro atoms. The lowest BCUT2D eigenvalue weighted by atomic mass is 10.1. The van der Waals surface area contributed by atoms with Crippen LogP contribution in [0.5, 0.6) is 5.75 Å². The van der Waals surface area contributed by atoms with E-state index in [1.54, 1.807) is 37.5 Å². The van der Waals surface area contributed by atoms with E-state index in [4.69, 9.17) is 14.3 Å². The van der Waals surface area contributed by atoms with Gasteiger partial charge in [-0.05, 0) is 35.9 Å². The summed E-state index contributed by atoms with van der Waals surface area (Å²) in [5.41, 5.74) is 3.62. The largest absolute Gasteiger partial charge is 0.496 e. The molecule has 0 aliphatic heterocycles. The molecular weight excluding hydrogens is 402 g/mol. The topological polar surface area (TPSA) is 60.5 Å². The smallest absolute Gasteiger partial charge is 0.246 e. The van der Waals surface area contributed by atoms with Gasteiger partial charge in [0.05, 0.1) is 26.5 Å². The molecule has 0 radical (unpaired) electrons. The summed E-state index contributed by atoms with van der Waals surface area (Å²) < 4.78 is 12.8. The third-order valence-corrected chi connectivity index (χ3v) is 5.09. The molecule has 0 N–H and O–H groups in total. The number of amides is 1. The fraction of sp³-hybridized carbons (Fsp3) is 0.154. The number of likely N-dealkylation sites (N-methyl/N-ethyl adjacent to an activating group) is 1. The number of methoxy groups -OCH3 is 1. The molecule has 4 aromatic rings. The van der Waals surface area contributed by atoms with Crippen molar-refractivity contribution in [2.24, 2.45) is 0 Å². The normalized spacial score (nSPS) is 11.1. The summed E-state index contributed by atoms with van der Waals surface area (Å²) in [7, 11) is 3.39. The number of hydrogen-bond acceptors (Lipinski definition) is 4. The molecule has 2 aromatic heterocycles. The Bertz CT molecular complexity index is 1190. The average molecular weight is 428 g/mol. The van der Waals surface area contributed by atoms with E-state index in [2.05, 4.69) is 12.1 Å². The summed E-state index contributed by atoms with van der Waals surface area (Å²) in [5, 5.41) is 4.81. The van der Waals surface area contributed by atoms with Crippen molar-refractivity contribution >= 4 is 12.0 Å². The minimum Gasteiger partial charge on any atom is -0.496 e. The molecule has 162 valence electrons. The highest BCUT2D eigenvalue weighted by molar-refractivity contribution is 5.92. The van der Waals surface area contributed by atoms with Crippen LogP contribution in [0.3, 0.4) is 0 Å². The Balaban J connectivity index is 1.63. The summed E-state index contributed by atoms with van der Waals surface area (Å²) in [6.45, 7) is 1.03. The minimum atomic E-state index is -0.122. The molecule has 0 saturated heterocycles. The predicted molar refractivity (Wildman–Crippen MR) is 124 cm³/mol. The number of carbonyl (C=O) groups is 1. The van der Waals surface area contributed by atoms with E-state index >= 15 is 0 Å². The molecular formula is C26H25N3O3. The summed E-state index contributed by atoms with van der Waals surface area (Å²) >= 11 is 0. The van der Waals surface area contributed by atoms with E-state index in [0.29, 0.717) is 13.1 Å². The predicted octanol–water partition coefficient (Wildman–Crippen LogP) is 4.87. The van der Waals surface area contributed by atoms with Crippen molar-refractivity contribution in [2.45, 2.75) is 13.1 Å². The van der Waals surface area contributed by atoms with Gasteiger partial charge in [-0.2, -0.15) is 5.10 Å². The highest BCUT2D eigenvalue weighted by atomic mass is 16.5. The Morgan fingerprint density at radius 2 is 1.88 bits per heavy atom.